The van der Waals surface area contributed by atoms with E-state index >= 15 is 0 Å². The zero-order chi connectivity index (χ0) is 15.4. The molecule has 1 aromatic heterocycles. The van der Waals surface area contributed by atoms with Crippen molar-refractivity contribution in [1.82, 2.24) is 15.0 Å². The number of rotatable bonds is 5. The van der Waals surface area contributed by atoms with E-state index in [-0.39, 0.29) is 5.75 Å². The number of hydrogen-bond acceptors (Lipinski definition) is 4. The van der Waals surface area contributed by atoms with Crippen LogP contribution in [0.4, 0.5) is 0 Å². The van der Waals surface area contributed by atoms with E-state index in [9.17, 15) is 5.11 Å². The second kappa shape index (κ2) is 6.41. The van der Waals surface area contributed by atoms with Gasteiger partial charge < -0.3 is 9.84 Å². The molecule has 22 heavy (non-hydrogen) atoms. The highest BCUT2D eigenvalue weighted by molar-refractivity contribution is 5.68. The molecule has 2 aromatic carbocycles. The molecular formula is C17H17N3O2. The van der Waals surface area contributed by atoms with Crippen LogP contribution in [0, 0.1) is 0 Å². The summed E-state index contributed by atoms with van der Waals surface area (Å²) in [5.41, 5.74) is 3.25. The molecule has 5 heteroatoms. The van der Waals surface area contributed by atoms with Gasteiger partial charge in [0.25, 0.3) is 0 Å². The van der Waals surface area contributed by atoms with Gasteiger partial charge in [-0.3, -0.25) is 0 Å². The fraction of sp³-hybridized carbons (Fsp3) is 0.176. The average Bonchev–Trinajstić information content (AvgIpc) is 2.90. The predicted octanol–water partition coefficient (Wildman–Crippen LogP) is 2.90. The lowest BCUT2D eigenvalue weighted by atomic mass is 10.1. The Morgan fingerprint density at radius 1 is 1.00 bits per heavy atom. The van der Waals surface area contributed by atoms with Crippen LogP contribution in [0.1, 0.15) is 11.3 Å². The lowest BCUT2D eigenvalue weighted by Gasteiger charge is -2.07. The molecule has 0 saturated carbocycles. The molecule has 3 rings (SSSR count). The summed E-state index contributed by atoms with van der Waals surface area (Å²) in [4.78, 5) is 0. The summed E-state index contributed by atoms with van der Waals surface area (Å²) in [5.74, 6) is 0.187. The van der Waals surface area contributed by atoms with Gasteiger partial charge in [0, 0.05) is 12.6 Å². The number of nitrogens with zero attached hydrogens (tertiary/aromatic N) is 3. The minimum atomic E-state index is 0.187. The Labute approximate surface area is 128 Å². The van der Waals surface area contributed by atoms with Crippen LogP contribution in [0.5, 0.6) is 5.75 Å². The Kier molecular flexibility index (Phi) is 4.16. The maximum absolute atomic E-state index is 9.98. The summed E-state index contributed by atoms with van der Waals surface area (Å²) in [5, 5.41) is 18.2. The summed E-state index contributed by atoms with van der Waals surface area (Å²) in [6, 6.07) is 17.1. The van der Waals surface area contributed by atoms with Gasteiger partial charge in [-0.15, -0.1) is 5.10 Å². The first kappa shape index (κ1) is 14.3. The quantitative estimate of drug-likeness (QED) is 0.786. The maximum atomic E-state index is 9.98. The van der Waals surface area contributed by atoms with E-state index in [1.54, 1.807) is 16.8 Å². The molecule has 112 valence electrons. The zero-order valence-electron chi connectivity index (χ0n) is 12.3. The Morgan fingerprint density at radius 3 is 2.50 bits per heavy atom. The molecule has 0 atom stereocenters. The monoisotopic (exact) mass is 295 g/mol. The van der Waals surface area contributed by atoms with Crippen LogP contribution in [0.25, 0.3) is 11.3 Å². The van der Waals surface area contributed by atoms with Gasteiger partial charge in [0.2, 0.25) is 0 Å². The largest absolute Gasteiger partial charge is 0.507 e. The topological polar surface area (TPSA) is 60.2 Å². The van der Waals surface area contributed by atoms with E-state index < -0.39 is 0 Å². The van der Waals surface area contributed by atoms with Gasteiger partial charge in [0.1, 0.15) is 11.4 Å². The second-order valence-electron chi connectivity index (χ2n) is 5.00. The first-order valence-corrected chi connectivity index (χ1v) is 7.04. The molecule has 0 spiro atoms. The van der Waals surface area contributed by atoms with Gasteiger partial charge in [-0.2, -0.15) is 0 Å². The van der Waals surface area contributed by atoms with Crippen molar-refractivity contribution >= 4 is 0 Å². The van der Waals surface area contributed by atoms with Crippen LogP contribution in [0.2, 0.25) is 0 Å². The third-order valence-electron chi connectivity index (χ3n) is 3.45. The molecule has 0 bridgehead atoms. The molecule has 3 aromatic rings. The minimum Gasteiger partial charge on any atom is -0.507 e. The zero-order valence-corrected chi connectivity index (χ0v) is 12.3. The Morgan fingerprint density at radius 2 is 1.73 bits per heavy atom. The molecule has 0 aliphatic heterocycles. The van der Waals surface area contributed by atoms with Crippen molar-refractivity contribution in [1.29, 1.82) is 0 Å². The SMILES string of the molecule is Cn1nnc(-c2ccccc2O)c1COCc1ccccc1. The molecule has 0 aliphatic carbocycles. The van der Waals surface area contributed by atoms with Crippen LogP contribution in [0.3, 0.4) is 0 Å². The Bertz CT molecular complexity index is 754. The number of para-hydroxylation sites is 1. The van der Waals surface area contributed by atoms with E-state index in [0.717, 1.165) is 11.3 Å². The summed E-state index contributed by atoms with van der Waals surface area (Å²) in [7, 11) is 1.82. The number of phenols is 1. The van der Waals surface area contributed by atoms with E-state index in [4.69, 9.17) is 4.74 Å². The normalized spacial score (nSPS) is 10.8. The van der Waals surface area contributed by atoms with Gasteiger partial charge in [0.05, 0.1) is 18.9 Å². The van der Waals surface area contributed by atoms with Crippen molar-refractivity contribution < 1.29 is 9.84 Å². The van der Waals surface area contributed by atoms with Crippen molar-refractivity contribution in [2.45, 2.75) is 13.2 Å². The highest BCUT2D eigenvalue weighted by Gasteiger charge is 2.15. The number of aryl methyl sites for hydroxylation is 1. The highest BCUT2D eigenvalue weighted by atomic mass is 16.5. The fourth-order valence-electron chi connectivity index (χ4n) is 2.26. The number of hydrogen-bond donors (Lipinski definition) is 1. The highest BCUT2D eigenvalue weighted by Crippen LogP contribution is 2.29. The Hall–Kier alpha value is -2.66. The first-order chi connectivity index (χ1) is 10.8. The van der Waals surface area contributed by atoms with Crippen molar-refractivity contribution in [3.05, 3.63) is 65.9 Å². The van der Waals surface area contributed by atoms with E-state index in [1.165, 1.54) is 0 Å². The third-order valence-corrected chi connectivity index (χ3v) is 3.45. The van der Waals surface area contributed by atoms with Crippen LogP contribution >= 0.6 is 0 Å². The van der Waals surface area contributed by atoms with Crippen molar-refractivity contribution in [2.24, 2.45) is 7.05 Å². The first-order valence-electron chi connectivity index (χ1n) is 7.04. The lowest BCUT2D eigenvalue weighted by Crippen LogP contribution is -2.02. The van der Waals surface area contributed by atoms with Gasteiger partial charge >= 0.3 is 0 Å². The number of ether oxygens (including phenoxy) is 1. The van der Waals surface area contributed by atoms with Gasteiger partial charge in [-0.1, -0.05) is 47.7 Å². The van der Waals surface area contributed by atoms with Gasteiger partial charge in [0.15, 0.2) is 0 Å². The second-order valence-corrected chi connectivity index (χ2v) is 5.00. The van der Waals surface area contributed by atoms with E-state index in [0.29, 0.717) is 24.5 Å². The van der Waals surface area contributed by atoms with Gasteiger partial charge in [-0.25, -0.2) is 4.68 Å². The van der Waals surface area contributed by atoms with Crippen LogP contribution in [-0.4, -0.2) is 20.1 Å². The molecule has 0 amide bonds. The summed E-state index contributed by atoms with van der Waals surface area (Å²) in [6.07, 6.45) is 0. The van der Waals surface area contributed by atoms with Crippen LogP contribution in [0.15, 0.2) is 54.6 Å². The standard InChI is InChI=1S/C17H17N3O2/c1-20-15(12-22-11-13-7-3-2-4-8-13)17(18-19-20)14-9-5-6-10-16(14)21/h2-10,21H,11-12H2,1H3. The predicted molar refractivity (Wildman–Crippen MR) is 83.0 cm³/mol. The summed E-state index contributed by atoms with van der Waals surface area (Å²) >= 11 is 0. The molecule has 0 unspecified atom stereocenters. The van der Waals surface area contributed by atoms with E-state index in [2.05, 4.69) is 10.3 Å². The molecule has 0 aliphatic rings. The van der Waals surface area contributed by atoms with Crippen LogP contribution < -0.4 is 0 Å². The number of aromatic hydroxyl groups is 1. The molecule has 5 nitrogen and oxygen atoms in total. The van der Waals surface area contributed by atoms with E-state index in [1.807, 2.05) is 49.5 Å². The molecule has 1 heterocycles. The van der Waals surface area contributed by atoms with Crippen molar-refractivity contribution in [3.63, 3.8) is 0 Å². The molecular weight excluding hydrogens is 278 g/mol. The lowest BCUT2D eigenvalue weighted by molar-refractivity contribution is 0.102. The van der Waals surface area contributed by atoms with Crippen molar-refractivity contribution in [2.75, 3.05) is 0 Å². The van der Waals surface area contributed by atoms with Crippen LogP contribution in [-0.2, 0) is 25.0 Å². The summed E-state index contributed by atoms with van der Waals surface area (Å²) < 4.78 is 7.44. The molecule has 0 radical (unpaired) electrons. The molecule has 0 fully saturated rings. The molecule has 1 N–H and O–H groups in total. The Balaban J connectivity index is 1.77. The number of phenolic OH excluding ortho intramolecular Hbond substituents is 1. The molecule has 0 saturated heterocycles. The average molecular weight is 295 g/mol. The minimum absolute atomic E-state index is 0.187. The number of benzene rings is 2. The summed E-state index contributed by atoms with van der Waals surface area (Å²) in [6.45, 7) is 0.897. The third kappa shape index (κ3) is 2.99. The van der Waals surface area contributed by atoms with Gasteiger partial charge in [-0.05, 0) is 17.7 Å². The number of aromatic nitrogens is 3. The maximum Gasteiger partial charge on any atom is 0.125 e. The smallest absolute Gasteiger partial charge is 0.125 e. The van der Waals surface area contributed by atoms with Crippen molar-refractivity contribution in [3.8, 4) is 17.0 Å². The fourth-order valence-corrected chi connectivity index (χ4v) is 2.26.